The maximum atomic E-state index is 13.2. The van der Waals surface area contributed by atoms with Gasteiger partial charge in [-0.25, -0.2) is 13.4 Å². The fourth-order valence-electron chi connectivity index (χ4n) is 4.84. The topological polar surface area (TPSA) is 182 Å². The number of nitro groups is 1. The number of hydrogen-bond acceptors (Lipinski definition) is 11. The molecule has 1 fully saturated rings. The Labute approximate surface area is 250 Å². The number of carbonyl (C=O) groups excluding carboxylic acids is 1. The number of nitrogens with zero attached hydrogens (tertiary/aromatic N) is 3. The van der Waals surface area contributed by atoms with E-state index in [1.165, 1.54) is 31.4 Å². The summed E-state index contributed by atoms with van der Waals surface area (Å²) in [5, 5.41) is 26.1. The SMILES string of the molecule is COc1ccc(S(=O)(=O)N(CCO)CCO[C@H]2C[C@@H](C3CCC3)C=C(C(=O)NCCNc3ccc([N+](=O)[O-])cn3)O2)cc1. The van der Waals surface area contributed by atoms with Gasteiger partial charge in [0.2, 0.25) is 16.3 Å². The summed E-state index contributed by atoms with van der Waals surface area (Å²) in [7, 11) is -2.40. The molecule has 14 nitrogen and oxygen atoms in total. The molecule has 0 unspecified atom stereocenters. The number of hydrogen-bond donors (Lipinski definition) is 3. The molecule has 2 atom stereocenters. The van der Waals surface area contributed by atoms with Gasteiger partial charge in [-0.15, -0.1) is 0 Å². The minimum Gasteiger partial charge on any atom is -0.497 e. The fraction of sp³-hybridized carbons (Fsp3) is 0.500. The molecule has 2 aliphatic rings. The van der Waals surface area contributed by atoms with E-state index in [2.05, 4.69) is 15.6 Å². The van der Waals surface area contributed by atoms with Crippen LogP contribution < -0.4 is 15.4 Å². The molecule has 2 heterocycles. The zero-order valence-electron chi connectivity index (χ0n) is 23.9. The van der Waals surface area contributed by atoms with E-state index in [1.807, 2.05) is 6.08 Å². The third kappa shape index (κ3) is 8.63. The third-order valence-corrected chi connectivity index (χ3v) is 9.35. The molecule has 2 aromatic rings. The molecule has 0 radical (unpaired) electrons. The Morgan fingerprint density at radius 3 is 2.56 bits per heavy atom. The molecule has 1 amide bonds. The quantitative estimate of drug-likeness (QED) is 0.142. The number of carbonyl (C=O) groups is 1. The molecular weight excluding hydrogens is 582 g/mol. The Morgan fingerprint density at radius 2 is 1.95 bits per heavy atom. The van der Waals surface area contributed by atoms with Crippen molar-refractivity contribution in [2.24, 2.45) is 11.8 Å². The lowest BCUT2D eigenvalue weighted by atomic mass is 9.73. The molecule has 15 heteroatoms. The Hall–Kier alpha value is -3.79. The predicted molar refractivity (Wildman–Crippen MR) is 156 cm³/mol. The number of aliphatic hydroxyl groups excluding tert-OH is 1. The molecule has 0 saturated heterocycles. The molecule has 1 aliphatic heterocycles. The van der Waals surface area contributed by atoms with Gasteiger partial charge in [0.15, 0.2) is 5.76 Å². The molecular formula is C28H37N5O9S. The average Bonchev–Trinajstić information content (AvgIpc) is 2.98. The van der Waals surface area contributed by atoms with E-state index in [-0.39, 0.29) is 55.1 Å². The second kappa shape index (κ2) is 15.1. The van der Waals surface area contributed by atoms with Crippen molar-refractivity contribution in [2.45, 2.75) is 36.9 Å². The zero-order chi connectivity index (χ0) is 30.8. The molecule has 1 saturated carbocycles. The van der Waals surface area contributed by atoms with E-state index in [0.717, 1.165) is 29.8 Å². The minimum absolute atomic E-state index is 0.00149. The van der Waals surface area contributed by atoms with Crippen LogP contribution in [0.15, 0.2) is 59.3 Å². The number of allylic oxidation sites excluding steroid dienone is 1. The maximum absolute atomic E-state index is 13.2. The number of aliphatic hydroxyl groups is 1. The van der Waals surface area contributed by atoms with Crippen molar-refractivity contribution in [1.82, 2.24) is 14.6 Å². The fourth-order valence-corrected chi connectivity index (χ4v) is 6.26. The number of aromatic nitrogens is 1. The number of pyridine rings is 1. The lowest BCUT2D eigenvalue weighted by Crippen LogP contribution is -2.39. The van der Waals surface area contributed by atoms with Crippen LogP contribution in [0.4, 0.5) is 11.5 Å². The summed E-state index contributed by atoms with van der Waals surface area (Å²) in [5.41, 5.74) is -0.113. The van der Waals surface area contributed by atoms with Crippen LogP contribution in [-0.2, 0) is 24.3 Å². The predicted octanol–water partition coefficient (Wildman–Crippen LogP) is 2.27. The number of benzene rings is 1. The molecule has 234 valence electrons. The van der Waals surface area contributed by atoms with Gasteiger partial charge in [-0.3, -0.25) is 14.9 Å². The normalized spacial score (nSPS) is 18.7. The van der Waals surface area contributed by atoms with Gasteiger partial charge >= 0.3 is 0 Å². The monoisotopic (exact) mass is 619 g/mol. The van der Waals surface area contributed by atoms with E-state index in [9.17, 15) is 28.4 Å². The number of sulfonamides is 1. The van der Waals surface area contributed by atoms with E-state index >= 15 is 0 Å². The first-order valence-electron chi connectivity index (χ1n) is 14.1. The summed E-state index contributed by atoms with van der Waals surface area (Å²) in [5.74, 6) is 1.23. The van der Waals surface area contributed by atoms with E-state index in [0.29, 0.717) is 30.5 Å². The van der Waals surface area contributed by atoms with E-state index in [4.69, 9.17) is 14.2 Å². The van der Waals surface area contributed by atoms with Crippen molar-refractivity contribution in [1.29, 1.82) is 0 Å². The maximum Gasteiger partial charge on any atom is 0.287 e. The molecule has 43 heavy (non-hydrogen) atoms. The van der Waals surface area contributed by atoms with Crippen molar-refractivity contribution >= 4 is 27.4 Å². The van der Waals surface area contributed by atoms with Crippen LogP contribution in [0.2, 0.25) is 0 Å². The van der Waals surface area contributed by atoms with Gasteiger partial charge in [0, 0.05) is 38.7 Å². The van der Waals surface area contributed by atoms with Crippen molar-refractivity contribution in [3.8, 4) is 5.75 Å². The average molecular weight is 620 g/mol. The first kappa shape index (κ1) is 32.1. The molecule has 0 bridgehead atoms. The molecule has 1 aliphatic carbocycles. The van der Waals surface area contributed by atoms with Crippen LogP contribution in [0.5, 0.6) is 5.75 Å². The zero-order valence-corrected chi connectivity index (χ0v) is 24.7. The van der Waals surface area contributed by atoms with Crippen LogP contribution in [0, 0.1) is 22.0 Å². The van der Waals surface area contributed by atoms with Crippen LogP contribution in [0.1, 0.15) is 25.7 Å². The Kier molecular flexibility index (Phi) is 11.3. The highest BCUT2D eigenvalue weighted by Crippen LogP contribution is 2.40. The molecule has 1 aromatic heterocycles. The van der Waals surface area contributed by atoms with Gasteiger partial charge in [0.05, 0.1) is 30.1 Å². The number of ether oxygens (including phenoxy) is 3. The van der Waals surface area contributed by atoms with Crippen LogP contribution >= 0.6 is 0 Å². The third-order valence-electron chi connectivity index (χ3n) is 7.43. The van der Waals surface area contributed by atoms with Crippen molar-refractivity contribution < 1.29 is 37.5 Å². The second-order valence-electron chi connectivity index (χ2n) is 10.2. The van der Waals surface area contributed by atoms with Gasteiger partial charge in [-0.2, -0.15) is 4.31 Å². The van der Waals surface area contributed by atoms with Gasteiger partial charge < -0.3 is 30.0 Å². The lowest BCUT2D eigenvalue weighted by molar-refractivity contribution is -0.385. The largest absolute Gasteiger partial charge is 0.497 e. The second-order valence-corrected chi connectivity index (χ2v) is 12.1. The molecule has 3 N–H and O–H groups in total. The number of methoxy groups -OCH3 is 1. The number of amides is 1. The number of anilines is 1. The summed E-state index contributed by atoms with van der Waals surface area (Å²) in [4.78, 5) is 27.2. The number of rotatable bonds is 16. The van der Waals surface area contributed by atoms with Gasteiger partial charge in [0.25, 0.3) is 11.6 Å². The minimum atomic E-state index is -3.89. The molecule has 1 aromatic carbocycles. The van der Waals surface area contributed by atoms with Crippen molar-refractivity contribution in [2.75, 3.05) is 51.8 Å². The van der Waals surface area contributed by atoms with Crippen LogP contribution in [-0.4, -0.2) is 86.4 Å². The summed E-state index contributed by atoms with van der Waals surface area (Å²) >= 11 is 0. The van der Waals surface area contributed by atoms with Crippen molar-refractivity contribution in [3.63, 3.8) is 0 Å². The first-order chi connectivity index (χ1) is 20.7. The van der Waals surface area contributed by atoms with Crippen LogP contribution in [0.25, 0.3) is 0 Å². The molecule has 0 spiro atoms. The highest BCUT2D eigenvalue weighted by atomic mass is 32.2. The smallest absolute Gasteiger partial charge is 0.287 e. The first-order valence-corrected chi connectivity index (χ1v) is 15.5. The Bertz CT molecular complexity index is 1370. The van der Waals surface area contributed by atoms with Crippen molar-refractivity contribution in [3.05, 3.63) is 64.5 Å². The highest BCUT2D eigenvalue weighted by Gasteiger charge is 2.35. The van der Waals surface area contributed by atoms with Crippen LogP contribution in [0.3, 0.4) is 0 Å². The molecule has 4 rings (SSSR count). The van der Waals surface area contributed by atoms with E-state index in [1.54, 1.807) is 12.1 Å². The summed E-state index contributed by atoms with van der Waals surface area (Å²) in [6.45, 7) is 0.0947. The van der Waals surface area contributed by atoms with E-state index < -0.39 is 27.1 Å². The van der Waals surface area contributed by atoms with Gasteiger partial charge in [-0.1, -0.05) is 6.42 Å². The Morgan fingerprint density at radius 1 is 1.19 bits per heavy atom. The summed E-state index contributed by atoms with van der Waals surface area (Å²) < 4.78 is 44.4. The Balaban J connectivity index is 1.30. The standard InChI is InChI=1S/C28H37N5O9S/c1-40-23-6-8-24(9-7-23)43(38,39)32(13-15-34)14-16-41-27-18-21(20-3-2-4-20)17-25(42-27)28(35)30-12-11-29-26-10-5-22(19-31-26)33(36)37/h5-10,17,19-21,27,34H,2-4,11-16,18H2,1H3,(H,29,31)(H,30,35)/t21-,27+/m0/s1. The lowest BCUT2D eigenvalue weighted by Gasteiger charge is -2.37. The highest BCUT2D eigenvalue weighted by molar-refractivity contribution is 7.89. The number of nitrogens with one attached hydrogen (secondary N) is 2. The summed E-state index contributed by atoms with van der Waals surface area (Å²) in [6.07, 6.45) is 6.04. The summed E-state index contributed by atoms with van der Waals surface area (Å²) in [6, 6.07) is 8.83. The van der Waals surface area contributed by atoms with Gasteiger partial charge in [-0.05, 0) is 61.1 Å². The van der Waals surface area contributed by atoms with Gasteiger partial charge in [0.1, 0.15) is 17.8 Å².